The Morgan fingerprint density at radius 1 is 1.39 bits per heavy atom. The van der Waals surface area contributed by atoms with E-state index in [1.165, 1.54) is 50.0 Å². The quantitative estimate of drug-likeness (QED) is 0.871. The highest BCUT2D eigenvalue weighted by molar-refractivity contribution is 7.09. The molecule has 0 amide bonds. The largest absolute Gasteiger partial charge is 0.305 e. The Morgan fingerprint density at radius 3 is 2.94 bits per heavy atom. The zero-order valence-electron chi connectivity index (χ0n) is 11.3. The number of thiazole rings is 1. The first-order valence-electron chi connectivity index (χ1n) is 7.49. The summed E-state index contributed by atoms with van der Waals surface area (Å²) in [5.41, 5.74) is 0.204. The van der Waals surface area contributed by atoms with Crippen molar-refractivity contribution in [2.45, 2.75) is 57.4 Å². The number of nitrogens with zero attached hydrogens (tertiary/aromatic N) is 1. The minimum Gasteiger partial charge on any atom is -0.305 e. The Hall–Kier alpha value is -0.410. The van der Waals surface area contributed by atoms with E-state index in [0.717, 1.165) is 18.4 Å². The topological polar surface area (TPSA) is 24.9 Å². The van der Waals surface area contributed by atoms with Crippen molar-refractivity contribution < 1.29 is 0 Å². The standard InChI is InChI=1S/C15H24N2S/c1-2-8-17-15(14-16-9-10-18-14)7-3-4-13(11-15)12-5-6-12/h9-10,12-13,17H,2-8,11H2,1H3. The van der Waals surface area contributed by atoms with Gasteiger partial charge in [-0.15, -0.1) is 11.3 Å². The highest BCUT2D eigenvalue weighted by Gasteiger charge is 2.43. The van der Waals surface area contributed by atoms with Crippen molar-refractivity contribution >= 4 is 11.3 Å². The highest BCUT2D eigenvalue weighted by Crippen LogP contribution is 2.49. The molecule has 0 spiro atoms. The Morgan fingerprint density at radius 2 is 2.28 bits per heavy atom. The molecule has 2 saturated carbocycles. The van der Waals surface area contributed by atoms with Gasteiger partial charge in [-0.2, -0.15) is 0 Å². The highest BCUT2D eigenvalue weighted by atomic mass is 32.1. The fourth-order valence-corrected chi connectivity index (χ4v) is 4.40. The fraction of sp³-hybridized carbons (Fsp3) is 0.800. The van der Waals surface area contributed by atoms with Crippen LogP contribution in [0, 0.1) is 11.8 Å². The Balaban J connectivity index is 1.79. The van der Waals surface area contributed by atoms with E-state index >= 15 is 0 Å². The third kappa shape index (κ3) is 2.48. The monoisotopic (exact) mass is 264 g/mol. The first-order valence-corrected chi connectivity index (χ1v) is 8.37. The van der Waals surface area contributed by atoms with E-state index in [0.29, 0.717) is 0 Å². The first-order chi connectivity index (χ1) is 8.84. The van der Waals surface area contributed by atoms with Crippen LogP contribution in [0.25, 0.3) is 0 Å². The van der Waals surface area contributed by atoms with Crippen LogP contribution in [0.4, 0.5) is 0 Å². The molecule has 0 aliphatic heterocycles. The maximum absolute atomic E-state index is 4.64. The maximum atomic E-state index is 4.64. The molecule has 0 bridgehead atoms. The SMILES string of the molecule is CCCNC1(c2nccs2)CCCC(C2CC2)C1. The lowest BCUT2D eigenvalue weighted by Crippen LogP contribution is -2.46. The molecule has 1 N–H and O–H groups in total. The van der Waals surface area contributed by atoms with Crippen LogP contribution < -0.4 is 5.32 Å². The number of aromatic nitrogens is 1. The van der Waals surface area contributed by atoms with Crippen molar-refractivity contribution in [3.05, 3.63) is 16.6 Å². The minimum atomic E-state index is 0.204. The number of hydrogen-bond acceptors (Lipinski definition) is 3. The van der Waals surface area contributed by atoms with Gasteiger partial charge in [0.25, 0.3) is 0 Å². The van der Waals surface area contributed by atoms with Gasteiger partial charge in [-0.3, -0.25) is 0 Å². The molecule has 0 radical (unpaired) electrons. The van der Waals surface area contributed by atoms with Crippen molar-refractivity contribution in [3.8, 4) is 0 Å². The normalized spacial score (nSPS) is 32.6. The zero-order valence-corrected chi connectivity index (χ0v) is 12.1. The molecule has 1 heterocycles. The molecule has 3 heteroatoms. The molecule has 18 heavy (non-hydrogen) atoms. The average Bonchev–Trinajstić information content (AvgIpc) is 3.11. The maximum Gasteiger partial charge on any atom is 0.113 e. The molecular weight excluding hydrogens is 240 g/mol. The van der Waals surface area contributed by atoms with Crippen LogP contribution in [0.3, 0.4) is 0 Å². The molecule has 2 atom stereocenters. The third-order valence-electron chi connectivity index (χ3n) is 4.63. The van der Waals surface area contributed by atoms with Gasteiger partial charge >= 0.3 is 0 Å². The first kappa shape index (κ1) is 12.6. The molecule has 2 aliphatic carbocycles. The van der Waals surface area contributed by atoms with Crippen LogP contribution in [0.1, 0.15) is 56.9 Å². The number of hydrogen-bond donors (Lipinski definition) is 1. The van der Waals surface area contributed by atoms with Gasteiger partial charge in [-0.05, 0) is 50.5 Å². The van der Waals surface area contributed by atoms with Gasteiger partial charge in [0.1, 0.15) is 5.01 Å². The van der Waals surface area contributed by atoms with Gasteiger partial charge in [0.15, 0.2) is 0 Å². The van der Waals surface area contributed by atoms with Crippen molar-refractivity contribution in [2.24, 2.45) is 11.8 Å². The van der Waals surface area contributed by atoms with E-state index in [4.69, 9.17) is 0 Å². The molecule has 1 aromatic rings. The summed E-state index contributed by atoms with van der Waals surface area (Å²) in [6.07, 6.45) is 11.6. The summed E-state index contributed by atoms with van der Waals surface area (Å²) in [5, 5.41) is 7.31. The predicted molar refractivity (Wildman–Crippen MR) is 76.8 cm³/mol. The molecule has 0 saturated heterocycles. The van der Waals surface area contributed by atoms with Crippen LogP contribution in [0.15, 0.2) is 11.6 Å². The van der Waals surface area contributed by atoms with E-state index in [-0.39, 0.29) is 5.54 Å². The van der Waals surface area contributed by atoms with Gasteiger partial charge in [0.05, 0.1) is 5.54 Å². The fourth-order valence-electron chi connectivity index (χ4n) is 3.54. The lowest BCUT2D eigenvalue weighted by Gasteiger charge is -2.40. The van der Waals surface area contributed by atoms with Crippen LogP contribution in [0.5, 0.6) is 0 Å². The third-order valence-corrected chi connectivity index (χ3v) is 5.61. The van der Waals surface area contributed by atoms with Crippen LogP contribution >= 0.6 is 11.3 Å². The number of rotatable bonds is 5. The van der Waals surface area contributed by atoms with Crippen molar-refractivity contribution in [1.29, 1.82) is 0 Å². The summed E-state index contributed by atoms with van der Waals surface area (Å²) < 4.78 is 0. The van der Waals surface area contributed by atoms with Gasteiger partial charge in [0.2, 0.25) is 0 Å². The molecule has 0 aromatic carbocycles. The smallest absolute Gasteiger partial charge is 0.113 e. The van der Waals surface area contributed by atoms with Crippen molar-refractivity contribution in [3.63, 3.8) is 0 Å². The van der Waals surface area contributed by atoms with E-state index in [9.17, 15) is 0 Å². The van der Waals surface area contributed by atoms with E-state index < -0.39 is 0 Å². The van der Waals surface area contributed by atoms with E-state index in [2.05, 4.69) is 22.6 Å². The Kier molecular flexibility index (Phi) is 3.71. The zero-order chi connectivity index (χ0) is 12.4. The van der Waals surface area contributed by atoms with E-state index in [1.54, 1.807) is 0 Å². The molecule has 3 rings (SSSR count). The molecule has 2 aliphatic rings. The molecule has 100 valence electrons. The summed E-state index contributed by atoms with van der Waals surface area (Å²) in [5.74, 6) is 1.99. The van der Waals surface area contributed by atoms with Gasteiger partial charge < -0.3 is 5.32 Å². The van der Waals surface area contributed by atoms with E-state index in [1.807, 2.05) is 17.5 Å². The van der Waals surface area contributed by atoms with Gasteiger partial charge in [-0.25, -0.2) is 4.98 Å². The molecule has 2 fully saturated rings. The van der Waals surface area contributed by atoms with Crippen LogP contribution in [-0.2, 0) is 5.54 Å². The molecular formula is C15H24N2S. The molecule has 1 aromatic heterocycles. The second kappa shape index (κ2) is 5.30. The summed E-state index contributed by atoms with van der Waals surface area (Å²) >= 11 is 1.84. The lowest BCUT2D eigenvalue weighted by atomic mass is 9.74. The van der Waals surface area contributed by atoms with Crippen molar-refractivity contribution in [2.75, 3.05) is 6.54 Å². The molecule has 2 unspecified atom stereocenters. The Bertz CT molecular complexity index is 372. The second-order valence-corrected chi connectivity index (χ2v) is 6.93. The summed E-state index contributed by atoms with van der Waals surface area (Å²) in [7, 11) is 0. The summed E-state index contributed by atoms with van der Waals surface area (Å²) in [6.45, 7) is 3.38. The minimum absolute atomic E-state index is 0.204. The predicted octanol–water partition coefficient (Wildman–Crippen LogP) is 3.94. The average molecular weight is 264 g/mol. The lowest BCUT2D eigenvalue weighted by molar-refractivity contribution is 0.164. The van der Waals surface area contributed by atoms with Gasteiger partial charge in [0, 0.05) is 11.6 Å². The van der Waals surface area contributed by atoms with Crippen LogP contribution in [-0.4, -0.2) is 11.5 Å². The van der Waals surface area contributed by atoms with Gasteiger partial charge in [-0.1, -0.05) is 19.8 Å². The van der Waals surface area contributed by atoms with Crippen molar-refractivity contribution in [1.82, 2.24) is 10.3 Å². The second-order valence-electron chi connectivity index (χ2n) is 6.04. The van der Waals surface area contributed by atoms with Crippen LogP contribution in [0.2, 0.25) is 0 Å². The Labute approximate surface area is 114 Å². The summed E-state index contributed by atoms with van der Waals surface area (Å²) in [4.78, 5) is 4.64. The summed E-state index contributed by atoms with van der Waals surface area (Å²) in [6, 6.07) is 0. The molecule has 2 nitrogen and oxygen atoms in total. The number of nitrogens with one attached hydrogen (secondary N) is 1.